The number of aromatic nitrogens is 2. The van der Waals surface area contributed by atoms with E-state index < -0.39 is 23.2 Å². The first-order valence-electron chi connectivity index (χ1n) is 6.36. The van der Waals surface area contributed by atoms with Gasteiger partial charge in [-0.2, -0.15) is 4.98 Å². The lowest BCUT2D eigenvalue weighted by molar-refractivity contribution is -0.274. The van der Waals surface area contributed by atoms with Gasteiger partial charge in [-0.3, -0.25) is 4.79 Å². The second-order valence-corrected chi connectivity index (χ2v) is 4.70. The molecule has 0 aliphatic heterocycles. The van der Waals surface area contributed by atoms with Crippen molar-refractivity contribution >= 4 is 35.2 Å². The molecule has 0 aliphatic rings. The number of amides is 1. The molecule has 0 aliphatic carbocycles. The number of nitrogens with one attached hydrogen (secondary N) is 1. The Balaban J connectivity index is 2.23. The first-order chi connectivity index (χ1) is 11.2. The van der Waals surface area contributed by atoms with Gasteiger partial charge in [-0.25, -0.2) is 4.98 Å². The summed E-state index contributed by atoms with van der Waals surface area (Å²) < 4.78 is 40.2. The third-order valence-corrected chi connectivity index (χ3v) is 2.84. The van der Waals surface area contributed by atoms with Gasteiger partial charge in [-0.05, 0) is 17.7 Å². The van der Waals surface area contributed by atoms with Crippen molar-refractivity contribution in [2.24, 2.45) is 5.73 Å². The Bertz CT molecular complexity index is 781. The highest BCUT2D eigenvalue weighted by molar-refractivity contribution is 6.30. The van der Waals surface area contributed by atoms with Crippen LogP contribution in [0.3, 0.4) is 0 Å². The maximum absolute atomic E-state index is 12.2. The number of carbonyl (C=O) groups is 1. The quantitative estimate of drug-likeness (QED) is 0.632. The van der Waals surface area contributed by atoms with E-state index in [1.54, 1.807) is 24.3 Å². The number of hydrogen-bond donors (Lipinski definition) is 2. The Morgan fingerprint density at radius 3 is 2.67 bits per heavy atom. The van der Waals surface area contributed by atoms with Crippen LogP contribution >= 0.6 is 11.6 Å². The molecule has 0 fully saturated rings. The zero-order valence-corrected chi connectivity index (χ0v) is 12.6. The molecule has 10 heteroatoms. The van der Waals surface area contributed by atoms with Crippen molar-refractivity contribution in [2.45, 2.75) is 6.36 Å². The fourth-order valence-electron chi connectivity index (χ4n) is 1.65. The highest BCUT2D eigenvalue weighted by Gasteiger charge is 2.32. The lowest BCUT2D eigenvalue weighted by Gasteiger charge is -2.11. The van der Waals surface area contributed by atoms with Crippen LogP contribution in [0.4, 0.5) is 24.8 Å². The molecule has 1 amide bonds. The number of nitrogens with two attached hydrogens (primary N) is 1. The average molecular weight is 359 g/mol. The Kier molecular flexibility index (Phi) is 5.24. The average Bonchev–Trinajstić information content (AvgIpc) is 2.48. The van der Waals surface area contributed by atoms with Gasteiger partial charge in [0.1, 0.15) is 0 Å². The summed E-state index contributed by atoms with van der Waals surface area (Å²) in [6.45, 7) is 0. The molecule has 0 radical (unpaired) electrons. The van der Waals surface area contributed by atoms with Gasteiger partial charge in [0.2, 0.25) is 11.9 Å². The fourth-order valence-corrected chi connectivity index (χ4v) is 1.82. The van der Waals surface area contributed by atoms with Crippen LogP contribution in [0.5, 0.6) is 5.75 Å². The molecular weight excluding hydrogens is 349 g/mol. The number of nitrogens with zero attached hydrogens (tertiary/aromatic N) is 2. The Morgan fingerprint density at radius 1 is 1.33 bits per heavy atom. The smallest absolute Gasteiger partial charge is 0.401 e. The van der Waals surface area contributed by atoms with Crippen LogP contribution in [0.2, 0.25) is 5.15 Å². The first kappa shape index (κ1) is 17.5. The molecule has 1 aromatic heterocycles. The third-order valence-electron chi connectivity index (χ3n) is 2.57. The van der Waals surface area contributed by atoms with Crippen molar-refractivity contribution < 1.29 is 22.7 Å². The number of hydrogen-bond acceptors (Lipinski definition) is 5. The molecule has 0 spiro atoms. The van der Waals surface area contributed by atoms with Crippen LogP contribution in [-0.4, -0.2) is 22.2 Å². The maximum atomic E-state index is 12.2. The Morgan fingerprint density at radius 2 is 2.04 bits per heavy atom. The molecule has 6 nitrogen and oxygen atoms in total. The van der Waals surface area contributed by atoms with Crippen LogP contribution in [0.1, 0.15) is 5.56 Å². The lowest BCUT2D eigenvalue weighted by Crippen LogP contribution is -2.18. The number of carbonyl (C=O) groups excluding carboxylic acids is 1. The molecule has 0 saturated heterocycles. The van der Waals surface area contributed by atoms with E-state index in [0.717, 1.165) is 12.3 Å². The number of ether oxygens (including phenoxy) is 1. The van der Waals surface area contributed by atoms with Crippen molar-refractivity contribution in [1.29, 1.82) is 0 Å². The van der Waals surface area contributed by atoms with Crippen LogP contribution in [0.25, 0.3) is 6.08 Å². The van der Waals surface area contributed by atoms with Gasteiger partial charge in [0.05, 0.1) is 6.20 Å². The zero-order valence-electron chi connectivity index (χ0n) is 11.8. The number of halogens is 4. The van der Waals surface area contributed by atoms with Crippen LogP contribution < -0.4 is 15.8 Å². The molecule has 0 unspecified atom stereocenters. The fraction of sp³-hybridized carbons (Fsp3) is 0.0714. The SMILES string of the molecule is NC(=O)C=Cc1ccccc1Nc1ncc(OC(F)(F)F)c(Cl)n1. The standard InChI is InChI=1S/C14H10ClF3N4O2/c15-12-10(24-14(16,17)18)7-20-13(22-12)21-9-4-2-1-3-8(9)5-6-11(19)23/h1-7H,(H2,19,23)(H,20,21,22). The predicted molar refractivity (Wildman–Crippen MR) is 81.7 cm³/mol. The molecule has 2 rings (SSSR count). The van der Waals surface area contributed by atoms with Gasteiger partial charge in [-0.15, -0.1) is 13.2 Å². The topological polar surface area (TPSA) is 90.1 Å². The molecule has 126 valence electrons. The van der Waals surface area contributed by atoms with Crippen molar-refractivity contribution in [1.82, 2.24) is 9.97 Å². The summed E-state index contributed by atoms with van der Waals surface area (Å²) in [6.07, 6.45) is -1.47. The normalized spacial score (nSPS) is 11.5. The van der Waals surface area contributed by atoms with Gasteiger partial charge in [-0.1, -0.05) is 29.8 Å². The van der Waals surface area contributed by atoms with Crippen LogP contribution in [-0.2, 0) is 4.79 Å². The van der Waals surface area contributed by atoms with Crippen LogP contribution in [0.15, 0.2) is 36.5 Å². The largest absolute Gasteiger partial charge is 0.573 e. The van der Waals surface area contributed by atoms with Crippen molar-refractivity contribution in [3.63, 3.8) is 0 Å². The van der Waals surface area contributed by atoms with Crippen molar-refractivity contribution in [3.8, 4) is 5.75 Å². The summed E-state index contributed by atoms with van der Waals surface area (Å²) in [6, 6.07) is 6.76. The maximum Gasteiger partial charge on any atom is 0.573 e. The van der Waals surface area contributed by atoms with E-state index in [2.05, 4.69) is 20.0 Å². The number of rotatable bonds is 5. The lowest BCUT2D eigenvalue weighted by atomic mass is 10.1. The molecule has 0 bridgehead atoms. The predicted octanol–water partition coefficient (Wildman–Crippen LogP) is 3.27. The summed E-state index contributed by atoms with van der Waals surface area (Å²) >= 11 is 5.65. The second kappa shape index (κ2) is 7.18. The van der Waals surface area contributed by atoms with Gasteiger partial charge >= 0.3 is 6.36 Å². The van der Waals surface area contributed by atoms with E-state index >= 15 is 0 Å². The first-order valence-corrected chi connectivity index (χ1v) is 6.74. The van der Waals surface area contributed by atoms with Gasteiger partial charge in [0.15, 0.2) is 10.9 Å². The van der Waals surface area contributed by atoms with Crippen LogP contribution in [0, 0.1) is 0 Å². The van der Waals surface area contributed by atoms with E-state index in [1.165, 1.54) is 6.08 Å². The Hall–Kier alpha value is -2.81. The van der Waals surface area contributed by atoms with E-state index in [1.807, 2.05) is 0 Å². The number of benzene rings is 1. The minimum Gasteiger partial charge on any atom is -0.401 e. The summed E-state index contributed by atoms with van der Waals surface area (Å²) in [7, 11) is 0. The van der Waals surface area contributed by atoms with E-state index in [4.69, 9.17) is 17.3 Å². The molecule has 2 aromatic rings. The van der Waals surface area contributed by atoms with Gasteiger partial charge < -0.3 is 15.8 Å². The molecule has 1 aromatic carbocycles. The number of alkyl halides is 3. The highest BCUT2D eigenvalue weighted by Crippen LogP contribution is 2.29. The summed E-state index contributed by atoms with van der Waals surface area (Å²) in [5.41, 5.74) is 6.12. The minimum atomic E-state index is -4.89. The molecule has 1 heterocycles. The molecular formula is C14H10ClF3N4O2. The van der Waals surface area contributed by atoms with Crippen molar-refractivity contribution in [3.05, 3.63) is 47.3 Å². The molecule has 0 saturated carbocycles. The zero-order chi connectivity index (χ0) is 17.7. The number of primary amides is 1. The van der Waals surface area contributed by atoms with E-state index in [0.29, 0.717) is 11.3 Å². The summed E-state index contributed by atoms with van der Waals surface area (Å²) in [4.78, 5) is 18.2. The molecule has 24 heavy (non-hydrogen) atoms. The van der Waals surface area contributed by atoms with Gasteiger partial charge in [0.25, 0.3) is 0 Å². The minimum absolute atomic E-state index is 0.0468. The van der Waals surface area contributed by atoms with E-state index in [-0.39, 0.29) is 5.95 Å². The highest BCUT2D eigenvalue weighted by atomic mass is 35.5. The molecule has 3 N–H and O–H groups in total. The van der Waals surface area contributed by atoms with Gasteiger partial charge in [0, 0.05) is 11.8 Å². The number of anilines is 2. The summed E-state index contributed by atoms with van der Waals surface area (Å²) in [5, 5.41) is 2.28. The molecule has 0 atom stereocenters. The second-order valence-electron chi connectivity index (χ2n) is 4.34. The van der Waals surface area contributed by atoms with E-state index in [9.17, 15) is 18.0 Å². The number of para-hydroxylation sites is 1. The van der Waals surface area contributed by atoms with Crippen molar-refractivity contribution in [2.75, 3.05) is 5.32 Å². The third kappa shape index (κ3) is 5.13. The summed E-state index contributed by atoms with van der Waals surface area (Å²) in [5.74, 6) is -1.39. The monoisotopic (exact) mass is 358 g/mol. The Labute approximate surface area is 139 Å².